The lowest BCUT2D eigenvalue weighted by molar-refractivity contribution is -0.140. The predicted molar refractivity (Wildman–Crippen MR) is 51.0 cm³/mol. The van der Waals surface area contributed by atoms with Crippen LogP contribution in [0.25, 0.3) is 10.9 Å². The van der Waals surface area contributed by atoms with E-state index in [4.69, 9.17) is 5.73 Å². The zero-order valence-corrected chi connectivity index (χ0v) is 8.45. The van der Waals surface area contributed by atoms with Crippen molar-refractivity contribution in [3.8, 4) is 0 Å². The number of halogens is 6. The van der Waals surface area contributed by atoms with Crippen LogP contribution in [0.2, 0.25) is 0 Å². The summed E-state index contributed by atoms with van der Waals surface area (Å²) < 4.78 is 76.7. The van der Waals surface area contributed by atoms with E-state index in [0.717, 1.165) is 0 Å². The minimum atomic E-state index is -4.86. The fourth-order valence-corrected chi connectivity index (χ4v) is 1.48. The van der Waals surface area contributed by atoms with Gasteiger partial charge in [-0.2, -0.15) is 13.2 Å². The van der Waals surface area contributed by atoms with Crippen molar-refractivity contribution in [2.75, 3.05) is 5.73 Å². The maximum absolute atomic E-state index is 13.3. The molecule has 0 amide bonds. The maximum Gasteiger partial charge on any atom is 0.433 e. The van der Waals surface area contributed by atoms with Crippen LogP contribution in [0.4, 0.5) is 32.0 Å². The second-order valence-corrected chi connectivity index (χ2v) is 3.47. The van der Waals surface area contributed by atoms with E-state index < -0.39 is 45.9 Å². The van der Waals surface area contributed by atoms with Crippen LogP contribution >= 0.6 is 0 Å². The van der Waals surface area contributed by atoms with Gasteiger partial charge in [-0.05, 0) is 6.07 Å². The molecule has 1 aromatic heterocycles. The molecule has 2 aromatic rings. The second-order valence-electron chi connectivity index (χ2n) is 3.47. The monoisotopic (exact) mass is 266 g/mol. The lowest BCUT2D eigenvalue weighted by atomic mass is 10.1. The van der Waals surface area contributed by atoms with Crippen molar-refractivity contribution in [2.24, 2.45) is 0 Å². The molecule has 1 heterocycles. The minimum Gasteiger partial charge on any atom is -0.398 e. The van der Waals surface area contributed by atoms with Gasteiger partial charge in [-0.3, -0.25) is 0 Å². The van der Waals surface area contributed by atoms with Gasteiger partial charge in [0.05, 0.1) is 5.39 Å². The van der Waals surface area contributed by atoms with Crippen molar-refractivity contribution in [3.05, 3.63) is 35.3 Å². The van der Waals surface area contributed by atoms with Crippen molar-refractivity contribution in [3.63, 3.8) is 0 Å². The highest BCUT2D eigenvalue weighted by Gasteiger charge is 2.34. The van der Waals surface area contributed by atoms with Gasteiger partial charge in [0.25, 0.3) is 0 Å². The first-order valence-electron chi connectivity index (χ1n) is 4.52. The first kappa shape index (κ1) is 12.5. The molecule has 96 valence electrons. The normalized spacial score (nSPS) is 12.1. The van der Waals surface area contributed by atoms with Crippen molar-refractivity contribution in [1.29, 1.82) is 0 Å². The van der Waals surface area contributed by atoms with Crippen LogP contribution < -0.4 is 5.73 Å². The number of pyridine rings is 1. The van der Waals surface area contributed by atoms with Crippen molar-refractivity contribution in [1.82, 2.24) is 4.98 Å². The first-order valence-corrected chi connectivity index (χ1v) is 4.52. The van der Waals surface area contributed by atoms with Crippen LogP contribution in [-0.4, -0.2) is 4.98 Å². The van der Waals surface area contributed by atoms with Crippen LogP contribution in [0.1, 0.15) is 5.69 Å². The number of fused-ring (bicyclic) bond motifs is 1. The topological polar surface area (TPSA) is 38.9 Å². The van der Waals surface area contributed by atoms with Crippen LogP contribution in [0.3, 0.4) is 0 Å². The molecule has 2 rings (SSSR count). The van der Waals surface area contributed by atoms with E-state index in [9.17, 15) is 26.3 Å². The third-order valence-electron chi connectivity index (χ3n) is 2.25. The maximum atomic E-state index is 13.3. The van der Waals surface area contributed by atoms with E-state index in [1.807, 2.05) is 0 Å². The molecule has 8 heteroatoms. The fraction of sp³-hybridized carbons (Fsp3) is 0.100. The van der Waals surface area contributed by atoms with E-state index in [2.05, 4.69) is 4.98 Å². The van der Waals surface area contributed by atoms with Gasteiger partial charge in [-0.1, -0.05) is 0 Å². The molecule has 0 spiro atoms. The summed E-state index contributed by atoms with van der Waals surface area (Å²) in [5, 5.41) is -0.805. The van der Waals surface area contributed by atoms with Crippen molar-refractivity contribution in [2.45, 2.75) is 6.18 Å². The highest BCUT2D eigenvalue weighted by Crippen LogP contribution is 2.34. The van der Waals surface area contributed by atoms with Crippen LogP contribution in [0.5, 0.6) is 0 Å². The molecule has 0 atom stereocenters. The van der Waals surface area contributed by atoms with E-state index in [1.54, 1.807) is 0 Å². The molecule has 0 fully saturated rings. The SMILES string of the molecule is Nc1cc(C(F)(F)F)nc2c(F)cc(F)c(F)c12. The van der Waals surface area contributed by atoms with E-state index in [-0.39, 0.29) is 6.07 Å². The number of nitrogen functional groups attached to an aromatic ring is 1. The van der Waals surface area contributed by atoms with E-state index >= 15 is 0 Å². The summed E-state index contributed by atoms with van der Waals surface area (Å²) in [5.41, 5.74) is 2.01. The third-order valence-corrected chi connectivity index (χ3v) is 2.25. The number of rotatable bonds is 0. The predicted octanol–water partition coefficient (Wildman–Crippen LogP) is 3.25. The summed E-state index contributed by atoms with van der Waals surface area (Å²) in [6.45, 7) is 0. The molecule has 0 saturated carbocycles. The summed E-state index contributed by atoms with van der Waals surface area (Å²) in [4.78, 5) is 2.92. The molecule has 2 nitrogen and oxygen atoms in total. The van der Waals surface area contributed by atoms with Crippen LogP contribution in [0.15, 0.2) is 12.1 Å². The van der Waals surface area contributed by atoms with Gasteiger partial charge in [0.15, 0.2) is 17.5 Å². The molecule has 0 bridgehead atoms. The molecule has 0 aliphatic carbocycles. The van der Waals surface area contributed by atoms with Gasteiger partial charge < -0.3 is 5.73 Å². The Morgan fingerprint density at radius 2 is 1.61 bits per heavy atom. The first-order chi connectivity index (χ1) is 8.21. The minimum absolute atomic E-state index is 0.115. The third kappa shape index (κ3) is 1.83. The summed E-state index contributed by atoms with van der Waals surface area (Å²) in [6.07, 6.45) is -4.86. The Hall–Kier alpha value is -1.99. The second kappa shape index (κ2) is 3.76. The largest absolute Gasteiger partial charge is 0.433 e. The molecular weight excluding hydrogens is 262 g/mol. The zero-order valence-electron chi connectivity index (χ0n) is 8.45. The Morgan fingerprint density at radius 3 is 2.17 bits per heavy atom. The van der Waals surface area contributed by atoms with Gasteiger partial charge in [0.2, 0.25) is 0 Å². The van der Waals surface area contributed by atoms with Gasteiger partial charge in [-0.15, -0.1) is 0 Å². The number of nitrogens with zero attached hydrogens (tertiary/aromatic N) is 1. The summed E-state index contributed by atoms with van der Waals surface area (Å²) in [7, 11) is 0. The average Bonchev–Trinajstić information content (AvgIpc) is 2.24. The number of nitrogens with two attached hydrogens (primary N) is 1. The Balaban J connectivity index is 2.91. The molecule has 18 heavy (non-hydrogen) atoms. The van der Waals surface area contributed by atoms with E-state index in [1.165, 1.54) is 0 Å². The zero-order chi connectivity index (χ0) is 13.7. The number of aromatic nitrogens is 1. The van der Waals surface area contributed by atoms with Gasteiger partial charge in [0.1, 0.15) is 11.2 Å². The fourth-order valence-electron chi connectivity index (χ4n) is 1.48. The Kier molecular flexibility index (Phi) is 2.60. The molecule has 0 unspecified atom stereocenters. The number of anilines is 1. The Labute approximate surface area is 96.0 Å². The molecule has 2 N–H and O–H groups in total. The molecule has 0 aliphatic rings. The Morgan fingerprint density at radius 1 is 1.00 bits per heavy atom. The van der Waals surface area contributed by atoms with Gasteiger partial charge in [-0.25, -0.2) is 18.2 Å². The molecule has 1 aromatic carbocycles. The average molecular weight is 266 g/mol. The van der Waals surface area contributed by atoms with Crippen LogP contribution in [-0.2, 0) is 6.18 Å². The molecular formula is C10H4F6N2. The summed E-state index contributed by atoms with van der Waals surface area (Å²) in [6, 6.07) is 0.439. The van der Waals surface area contributed by atoms with E-state index in [0.29, 0.717) is 6.07 Å². The number of hydrogen-bond donors (Lipinski definition) is 1. The highest BCUT2D eigenvalue weighted by atomic mass is 19.4. The molecule has 0 aliphatic heterocycles. The number of hydrogen-bond acceptors (Lipinski definition) is 2. The summed E-state index contributed by atoms with van der Waals surface area (Å²) in [5.74, 6) is -4.50. The summed E-state index contributed by atoms with van der Waals surface area (Å²) >= 11 is 0. The standard InChI is InChI=1S/C10H4F6N2/c11-3-1-4(12)9-7(8(3)13)5(17)2-6(18-9)10(14,15)16/h1-2H,(H2,17,18). The molecule has 0 radical (unpaired) electrons. The Bertz CT molecular complexity index is 635. The number of benzene rings is 1. The smallest absolute Gasteiger partial charge is 0.398 e. The number of alkyl halides is 3. The lowest BCUT2D eigenvalue weighted by Gasteiger charge is -2.10. The lowest BCUT2D eigenvalue weighted by Crippen LogP contribution is -2.10. The highest BCUT2D eigenvalue weighted by molar-refractivity contribution is 5.91. The van der Waals surface area contributed by atoms with Crippen molar-refractivity contribution >= 4 is 16.6 Å². The quantitative estimate of drug-likeness (QED) is 0.587. The van der Waals surface area contributed by atoms with Crippen LogP contribution in [0, 0.1) is 17.5 Å². The van der Waals surface area contributed by atoms with Gasteiger partial charge >= 0.3 is 6.18 Å². The van der Waals surface area contributed by atoms with Crippen molar-refractivity contribution < 1.29 is 26.3 Å². The molecule has 0 saturated heterocycles. The van der Waals surface area contributed by atoms with Gasteiger partial charge in [0, 0.05) is 11.8 Å².